The van der Waals surface area contributed by atoms with Crippen LogP contribution in [0.5, 0.6) is 0 Å². The molecule has 0 aliphatic rings. The highest BCUT2D eigenvalue weighted by atomic mass is 16.5. The molecule has 0 saturated carbocycles. The van der Waals surface area contributed by atoms with E-state index in [9.17, 15) is 9.59 Å². The predicted octanol–water partition coefficient (Wildman–Crippen LogP) is 2.30. The van der Waals surface area contributed by atoms with Crippen molar-refractivity contribution in [1.29, 1.82) is 0 Å². The summed E-state index contributed by atoms with van der Waals surface area (Å²) < 4.78 is 4.88. The molecule has 1 aromatic carbocycles. The van der Waals surface area contributed by atoms with Crippen molar-refractivity contribution in [3.05, 3.63) is 29.3 Å². The highest BCUT2D eigenvalue weighted by Crippen LogP contribution is 2.15. The molecule has 1 atom stereocenters. The summed E-state index contributed by atoms with van der Waals surface area (Å²) in [5, 5.41) is 14.2. The second kappa shape index (κ2) is 8.26. The first-order chi connectivity index (χ1) is 9.93. The van der Waals surface area contributed by atoms with Gasteiger partial charge < -0.3 is 20.5 Å². The first-order valence-electron chi connectivity index (χ1n) is 6.80. The summed E-state index contributed by atoms with van der Waals surface area (Å²) in [7, 11) is 1.55. The molecular formula is C15H22N2O4. The molecule has 0 aliphatic heterocycles. The van der Waals surface area contributed by atoms with Gasteiger partial charge in [-0.1, -0.05) is 17.7 Å². The molecule has 0 radical (unpaired) electrons. The van der Waals surface area contributed by atoms with Gasteiger partial charge >= 0.3 is 12.0 Å². The zero-order valence-corrected chi connectivity index (χ0v) is 12.6. The Morgan fingerprint density at radius 3 is 2.62 bits per heavy atom. The van der Waals surface area contributed by atoms with Gasteiger partial charge in [0.1, 0.15) is 6.04 Å². The highest BCUT2D eigenvalue weighted by Gasteiger charge is 2.19. The van der Waals surface area contributed by atoms with E-state index in [0.29, 0.717) is 25.1 Å². The van der Waals surface area contributed by atoms with Crippen LogP contribution in [0.15, 0.2) is 18.2 Å². The lowest BCUT2D eigenvalue weighted by Crippen LogP contribution is -2.43. The number of amides is 2. The SMILES string of the molecule is COCCCC(NC(=O)Nc1ccc(C)cc1C)C(=O)O. The molecule has 0 heterocycles. The van der Waals surface area contributed by atoms with Crippen LogP contribution in [0.2, 0.25) is 0 Å². The minimum Gasteiger partial charge on any atom is -0.480 e. The van der Waals surface area contributed by atoms with Gasteiger partial charge in [-0.25, -0.2) is 9.59 Å². The number of carboxylic acid groups (broad SMARTS) is 1. The maximum atomic E-state index is 11.9. The second-order valence-corrected chi connectivity index (χ2v) is 4.94. The number of carboxylic acids is 1. The number of carbonyl (C=O) groups is 2. The molecule has 116 valence electrons. The average molecular weight is 294 g/mol. The molecule has 3 N–H and O–H groups in total. The van der Waals surface area contributed by atoms with Gasteiger partial charge in [-0.3, -0.25) is 0 Å². The number of ether oxygens (including phenoxy) is 1. The van der Waals surface area contributed by atoms with E-state index in [1.54, 1.807) is 13.2 Å². The fourth-order valence-corrected chi connectivity index (χ4v) is 1.96. The van der Waals surface area contributed by atoms with Gasteiger partial charge in [0.05, 0.1) is 0 Å². The minimum absolute atomic E-state index is 0.323. The Labute approximate surface area is 124 Å². The summed E-state index contributed by atoms with van der Waals surface area (Å²) in [6.45, 7) is 4.31. The maximum absolute atomic E-state index is 11.9. The fraction of sp³-hybridized carbons (Fsp3) is 0.467. The van der Waals surface area contributed by atoms with Gasteiger partial charge in [0.25, 0.3) is 0 Å². The summed E-state index contributed by atoms with van der Waals surface area (Å²) in [6.07, 6.45) is 0.890. The summed E-state index contributed by atoms with van der Waals surface area (Å²) in [4.78, 5) is 23.0. The molecule has 1 rings (SSSR count). The molecule has 1 unspecified atom stereocenters. The van der Waals surface area contributed by atoms with Crippen LogP contribution < -0.4 is 10.6 Å². The third-order valence-electron chi connectivity index (χ3n) is 3.07. The number of nitrogens with one attached hydrogen (secondary N) is 2. The number of benzene rings is 1. The number of anilines is 1. The van der Waals surface area contributed by atoms with E-state index >= 15 is 0 Å². The molecular weight excluding hydrogens is 272 g/mol. The number of hydrogen-bond acceptors (Lipinski definition) is 3. The van der Waals surface area contributed by atoms with Crippen molar-refractivity contribution in [2.24, 2.45) is 0 Å². The van der Waals surface area contributed by atoms with E-state index < -0.39 is 18.0 Å². The van der Waals surface area contributed by atoms with E-state index in [4.69, 9.17) is 9.84 Å². The van der Waals surface area contributed by atoms with Gasteiger partial charge in [0.2, 0.25) is 0 Å². The van der Waals surface area contributed by atoms with Crippen LogP contribution in [-0.2, 0) is 9.53 Å². The lowest BCUT2D eigenvalue weighted by atomic mass is 10.1. The monoisotopic (exact) mass is 294 g/mol. The van der Waals surface area contributed by atoms with Crippen LogP contribution in [0, 0.1) is 13.8 Å². The normalized spacial score (nSPS) is 11.8. The Balaban J connectivity index is 2.59. The number of carbonyl (C=O) groups excluding carboxylic acids is 1. The third-order valence-corrected chi connectivity index (χ3v) is 3.07. The Hall–Kier alpha value is -2.08. The third kappa shape index (κ3) is 5.83. The molecule has 6 heteroatoms. The first kappa shape index (κ1) is 17.0. The molecule has 0 bridgehead atoms. The standard InChI is InChI=1S/C15H22N2O4/c1-10-6-7-12(11(2)9-10)16-15(20)17-13(14(18)19)5-4-8-21-3/h6-7,9,13H,4-5,8H2,1-3H3,(H,18,19)(H2,16,17,20). The molecule has 2 amide bonds. The molecule has 0 aromatic heterocycles. The quantitative estimate of drug-likeness (QED) is 0.673. The van der Waals surface area contributed by atoms with Crippen LogP contribution in [0.4, 0.5) is 10.5 Å². The van der Waals surface area contributed by atoms with Crippen LogP contribution >= 0.6 is 0 Å². The summed E-state index contributed by atoms with van der Waals surface area (Å²) >= 11 is 0. The molecule has 0 fully saturated rings. The number of methoxy groups -OCH3 is 1. The van der Waals surface area contributed by atoms with Crippen LogP contribution in [0.1, 0.15) is 24.0 Å². The largest absolute Gasteiger partial charge is 0.480 e. The van der Waals surface area contributed by atoms with Crippen molar-refractivity contribution in [3.8, 4) is 0 Å². The van der Waals surface area contributed by atoms with Gasteiger partial charge in [-0.15, -0.1) is 0 Å². The number of rotatable bonds is 7. The number of aliphatic carboxylic acids is 1. The van der Waals surface area contributed by atoms with Crippen LogP contribution in [-0.4, -0.2) is 36.9 Å². The molecule has 1 aromatic rings. The minimum atomic E-state index is -1.05. The van der Waals surface area contributed by atoms with Gasteiger partial charge in [0, 0.05) is 19.4 Å². The summed E-state index contributed by atoms with van der Waals surface area (Å²) in [6, 6.07) is 4.18. The van der Waals surface area contributed by atoms with Crippen molar-refractivity contribution in [1.82, 2.24) is 5.32 Å². The Morgan fingerprint density at radius 1 is 1.33 bits per heavy atom. The smallest absolute Gasteiger partial charge is 0.326 e. The Morgan fingerprint density at radius 2 is 2.05 bits per heavy atom. The van der Waals surface area contributed by atoms with Crippen LogP contribution in [0.3, 0.4) is 0 Å². The van der Waals surface area contributed by atoms with E-state index in [-0.39, 0.29) is 0 Å². The zero-order valence-electron chi connectivity index (χ0n) is 12.6. The zero-order chi connectivity index (χ0) is 15.8. The lowest BCUT2D eigenvalue weighted by molar-refractivity contribution is -0.139. The molecule has 0 saturated heterocycles. The molecule has 6 nitrogen and oxygen atoms in total. The van der Waals surface area contributed by atoms with Crippen molar-refractivity contribution in [2.75, 3.05) is 19.0 Å². The second-order valence-electron chi connectivity index (χ2n) is 4.94. The Bertz CT molecular complexity index is 502. The number of hydrogen-bond donors (Lipinski definition) is 3. The maximum Gasteiger partial charge on any atom is 0.326 e. The van der Waals surface area contributed by atoms with E-state index in [0.717, 1.165) is 11.1 Å². The number of urea groups is 1. The fourth-order valence-electron chi connectivity index (χ4n) is 1.96. The lowest BCUT2D eigenvalue weighted by Gasteiger charge is -2.16. The molecule has 0 spiro atoms. The summed E-state index contributed by atoms with van der Waals surface area (Å²) in [5.41, 5.74) is 2.69. The number of aryl methyl sites for hydroxylation is 2. The first-order valence-corrected chi connectivity index (χ1v) is 6.80. The van der Waals surface area contributed by atoms with Gasteiger partial charge in [-0.05, 0) is 38.3 Å². The average Bonchev–Trinajstić information content (AvgIpc) is 2.41. The van der Waals surface area contributed by atoms with Crippen molar-refractivity contribution in [2.45, 2.75) is 32.7 Å². The highest BCUT2D eigenvalue weighted by molar-refractivity contribution is 5.92. The molecule has 0 aliphatic carbocycles. The summed E-state index contributed by atoms with van der Waals surface area (Å²) in [5.74, 6) is -1.05. The topological polar surface area (TPSA) is 87.7 Å². The van der Waals surface area contributed by atoms with Gasteiger partial charge in [0.15, 0.2) is 0 Å². The van der Waals surface area contributed by atoms with Crippen molar-refractivity contribution >= 4 is 17.7 Å². The Kier molecular flexibility index (Phi) is 6.68. The predicted molar refractivity (Wildman–Crippen MR) is 80.6 cm³/mol. The van der Waals surface area contributed by atoms with E-state index in [1.165, 1.54) is 0 Å². The van der Waals surface area contributed by atoms with Gasteiger partial charge in [-0.2, -0.15) is 0 Å². The van der Waals surface area contributed by atoms with Crippen LogP contribution in [0.25, 0.3) is 0 Å². The molecule has 21 heavy (non-hydrogen) atoms. The van der Waals surface area contributed by atoms with E-state index in [2.05, 4.69) is 10.6 Å². The van der Waals surface area contributed by atoms with Crippen molar-refractivity contribution < 1.29 is 19.4 Å². The van der Waals surface area contributed by atoms with E-state index in [1.807, 2.05) is 26.0 Å². The van der Waals surface area contributed by atoms with Crippen molar-refractivity contribution in [3.63, 3.8) is 0 Å².